The highest BCUT2D eigenvalue weighted by atomic mass is 32.2. The zero-order chi connectivity index (χ0) is 17.6. The fraction of sp³-hybridized carbons (Fsp3) is 0.0588. The van der Waals surface area contributed by atoms with Gasteiger partial charge >= 0.3 is 6.03 Å². The number of fused-ring (bicyclic) bond motifs is 1. The molecule has 0 radical (unpaired) electrons. The third kappa shape index (κ3) is 4.30. The van der Waals surface area contributed by atoms with E-state index in [1.807, 2.05) is 24.3 Å². The minimum atomic E-state index is -0.789. The fourth-order valence-electron chi connectivity index (χ4n) is 2.11. The molecule has 6 nitrogen and oxygen atoms in total. The molecule has 2 aromatic carbocycles. The molecule has 0 saturated heterocycles. The Kier molecular flexibility index (Phi) is 5.20. The molecule has 25 heavy (non-hydrogen) atoms. The van der Waals surface area contributed by atoms with Crippen LogP contribution in [0, 0.1) is 5.82 Å². The van der Waals surface area contributed by atoms with Gasteiger partial charge in [-0.3, -0.25) is 10.1 Å². The van der Waals surface area contributed by atoms with Crippen LogP contribution in [0.1, 0.15) is 0 Å². The van der Waals surface area contributed by atoms with E-state index in [1.54, 1.807) is 6.07 Å². The number of halogens is 1. The van der Waals surface area contributed by atoms with Gasteiger partial charge in [0, 0.05) is 5.39 Å². The largest absolute Gasteiger partial charge is 0.325 e. The SMILES string of the molecule is O=C(CSc1ncnc2ccccc12)NC(=O)Nc1ccccc1F. The van der Waals surface area contributed by atoms with Crippen LogP contribution in [0.3, 0.4) is 0 Å². The third-order valence-electron chi connectivity index (χ3n) is 3.22. The van der Waals surface area contributed by atoms with E-state index >= 15 is 0 Å². The second-order valence-electron chi connectivity index (χ2n) is 4.97. The van der Waals surface area contributed by atoms with Crippen molar-refractivity contribution in [3.8, 4) is 0 Å². The lowest BCUT2D eigenvalue weighted by atomic mass is 10.2. The number of thioether (sulfide) groups is 1. The Hall–Kier alpha value is -3.00. The quantitative estimate of drug-likeness (QED) is 0.554. The Morgan fingerprint density at radius 2 is 1.80 bits per heavy atom. The molecule has 8 heteroatoms. The number of imide groups is 1. The van der Waals surface area contributed by atoms with Crippen LogP contribution in [0.15, 0.2) is 59.9 Å². The number of aromatic nitrogens is 2. The van der Waals surface area contributed by atoms with Crippen LogP contribution in [0.5, 0.6) is 0 Å². The van der Waals surface area contributed by atoms with Crippen molar-refractivity contribution in [1.82, 2.24) is 15.3 Å². The van der Waals surface area contributed by atoms with Crippen LogP contribution in [0.25, 0.3) is 10.9 Å². The van der Waals surface area contributed by atoms with Crippen molar-refractivity contribution in [3.63, 3.8) is 0 Å². The Morgan fingerprint density at radius 1 is 1.04 bits per heavy atom. The molecule has 0 saturated carbocycles. The minimum absolute atomic E-state index is 0.00208. The van der Waals surface area contributed by atoms with Gasteiger partial charge in [0.1, 0.15) is 17.2 Å². The zero-order valence-electron chi connectivity index (χ0n) is 12.9. The van der Waals surface area contributed by atoms with Crippen molar-refractivity contribution in [2.24, 2.45) is 0 Å². The van der Waals surface area contributed by atoms with Crippen molar-refractivity contribution in [2.45, 2.75) is 5.03 Å². The molecular weight excluding hydrogens is 343 g/mol. The average molecular weight is 356 g/mol. The average Bonchev–Trinajstić information content (AvgIpc) is 2.62. The number of carbonyl (C=O) groups excluding carboxylic acids is 2. The lowest BCUT2D eigenvalue weighted by Gasteiger charge is -2.08. The van der Waals surface area contributed by atoms with Gasteiger partial charge in [0.05, 0.1) is 17.0 Å². The number of rotatable bonds is 4. The molecule has 126 valence electrons. The highest BCUT2D eigenvalue weighted by Gasteiger charge is 2.12. The van der Waals surface area contributed by atoms with E-state index in [-0.39, 0.29) is 11.4 Å². The Balaban J connectivity index is 1.57. The molecule has 0 unspecified atom stereocenters. The first kappa shape index (κ1) is 16.8. The normalized spacial score (nSPS) is 10.4. The summed E-state index contributed by atoms with van der Waals surface area (Å²) in [6.07, 6.45) is 1.42. The second kappa shape index (κ2) is 7.71. The summed E-state index contributed by atoms with van der Waals surface area (Å²) in [5, 5.41) is 5.92. The summed E-state index contributed by atoms with van der Waals surface area (Å²) < 4.78 is 13.5. The van der Waals surface area contributed by atoms with E-state index in [0.29, 0.717) is 5.03 Å². The molecule has 1 aromatic heterocycles. The third-order valence-corrected chi connectivity index (χ3v) is 4.23. The number of anilines is 1. The predicted octanol–water partition coefficient (Wildman–Crippen LogP) is 3.21. The lowest BCUT2D eigenvalue weighted by molar-refractivity contribution is -0.117. The number of amides is 3. The maximum atomic E-state index is 13.5. The molecule has 0 aliphatic carbocycles. The Bertz CT molecular complexity index is 930. The molecule has 0 fully saturated rings. The summed E-state index contributed by atoms with van der Waals surface area (Å²) in [7, 11) is 0. The molecule has 2 N–H and O–H groups in total. The first-order valence-electron chi connectivity index (χ1n) is 7.31. The second-order valence-corrected chi connectivity index (χ2v) is 5.93. The summed E-state index contributed by atoms with van der Waals surface area (Å²) in [5.74, 6) is -1.10. The van der Waals surface area contributed by atoms with Gasteiger partial charge in [-0.2, -0.15) is 0 Å². The van der Waals surface area contributed by atoms with E-state index in [0.717, 1.165) is 10.9 Å². The highest BCUT2D eigenvalue weighted by molar-refractivity contribution is 8.00. The molecule has 0 bridgehead atoms. The molecular formula is C17H13FN4O2S. The maximum Gasteiger partial charge on any atom is 0.325 e. The Labute approximate surface area is 146 Å². The molecule has 3 aromatic rings. The van der Waals surface area contributed by atoms with Crippen molar-refractivity contribution in [2.75, 3.05) is 11.1 Å². The van der Waals surface area contributed by atoms with Gasteiger partial charge in [0.2, 0.25) is 5.91 Å². The Morgan fingerprint density at radius 3 is 2.64 bits per heavy atom. The number of nitrogens with one attached hydrogen (secondary N) is 2. The van der Waals surface area contributed by atoms with Gasteiger partial charge in [-0.1, -0.05) is 42.1 Å². The predicted molar refractivity (Wildman–Crippen MR) is 93.8 cm³/mol. The standard InChI is InChI=1S/C17H13FN4O2S/c18-12-6-2-4-8-14(12)21-17(24)22-15(23)9-25-16-11-5-1-3-7-13(11)19-10-20-16/h1-8,10H,9H2,(H2,21,22,23,24). The number of benzene rings is 2. The smallest absolute Gasteiger partial charge is 0.305 e. The van der Waals surface area contributed by atoms with Crippen molar-refractivity contribution in [3.05, 3.63) is 60.7 Å². The summed E-state index contributed by atoms with van der Waals surface area (Å²) in [5.41, 5.74) is 0.778. The van der Waals surface area contributed by atoms with Crippen LogP contribution < -0.4 is 10.6 Å². The summed E-state index contributed by atoms with van der Waals surface area (Å²) in [6, 6.07) is 12.4. The van der Waals surface area contributed by atoms with Gasteiger partial charge in [-0.15, -0.1) is 0 Å². The van der Waals surface area contributed by atoms with E-state index in [1.165, 1.54) is 36.3 Å². The summed E-state index contributed by atoms with van der Waals surface area (Å²) in [6.45, 7) is 0. The van der Waals surface area contributed by atoms with Gasteiger partial charge in [-0.25, -0.2) is 19.2 Å². The number of hydrogen-bond donors (Lipinski definition) is 2. The van der Waals surface area contributed by atoms with Gasteiger partial charge in [0.25, 0.3) is 0 Å². The van der Waals surface area contributed by atoms with Crippen LogP contribution in [-0.2, 0) is 4.79 Å². The summed E-state index contributed by atoms with van der Waals surface area (Å²) in [4.78, 5) is 32.0. The lowest BCUT2D eigenvalue weighted by Crippen LogP contribution is -2.35. The molecule has 3 rings (SSSR count). The van der Waals surface area contributed by atoms with Crippen LogP contribution in [-0.4, -0.2) is 27.7 Å². The zero-order valence-corrected chi connectivity index (χ0v) is 13.7. The first-order chi connectivity index (χ1) is 12.1. The highest BCUT2D eigenvalue weighted by Crippen LogP contribution is 2.23. The molecule has 0 aliphatic rings. The van der Waals surface area contributed by atoms with E-state index in [2.05, 4.69) is 20.6 Å². The van der Waals surface area contributed by atoms with Gasteiger partial charge in [-0.05, 0) is 18.2 Å². The van der Waals surface area contributed by atoms with Gasteiger partial charge in [0.15, 0.2) is 0 Å². The molecule has 0 atom stereocenters. The van der Waals surface area contributed by atoms with Gasteiger partial charge < -0.3 is 5.32 Å². The van der Waals surface area contributed by atoms with E-state index in [4.69, 9.17) is 0 Å². The number of nitrogens with zero attached hydrogens (tertiary/aromatic N) is 2. The first-order valence-corrected chi connectivity index (χ1v) is 8.30. The monoisotopic (exact) mass is 356 g/mol. The molecule has 1 heterocycles. The van der Waals surface area contributed by atoms with Crippen molar-refractivity contribution < 1.29 is 14.0 Å². The maximum absolute atomic E-state index is 13.5. The molecule has 3 amide bonds. The number of urea groups is 1. The minimum Gasteiger partial charge on any atom is -0.305 e. The van der Waals surface area contributed by atoms with E-state index < -0.39 is 17.8 Å². The molecule has 0 aliphatic heterocycles. The van der Waals surface area contributed by atoms with Crippen LogP contribution >= 0.6 is 11.8 Å². The number of para-hydroxylation sites is 2. The molecule has 0 spiro atoms. The fourth-order valence-corrected chi connectivity index (χ4v) is 2.90. The van der Waals surface area contributed by atoms with E-state index in [9.17, 15) is 14.0 Å². The number of hydrogen-bond acceptors (Lipinski definition) is 5. The number of carbonyl (C=O) groups is 2. The van der Waals surface area contributed by atoms with Crippen LogP contribution in [0.4, 0.5) is 14.9 Å². The van der Waals surface area contributed by atoms with Crippen molar-refractivity contribution >= 4 is 40.3 Å². The topological polar surface area (TPSA) is 84.0 Å². The van der Waals surface area contributed by atoms with Crippen LogP contribution in [0.2, 0.25) is 0 Å². The summed E-state index contributed by atoms with van der Waals surface area (Å²) >= 11 is 1.19. The van der Waals surface area contributed by atoms with Crippen molar-refractivity contribution in [1.29, 1.82) is 0 Å².